The minimum Gasteiger partial charge on any atom is -0.338 e. The van der Waals surface area contributed by atoms with Gasteiger partial charge in [0.1, 0.15) is 11.6 Å². The Labute approximate surface area is 116 Å². The van der Waals surface area contributed by atoms with Gasteiger partial charge in [-0.05, 0) is 35.4 Å². The minimum atomic E-state index is -0.245. The largest absolute Gasteiger partial charge is 0.338 e. The van der Waals surface area contributed by atoms with Crippen molar-refractivity contribution in [2.45, 2.75) is 6.54 Å². The van der Waals surface area contributed by atoms with Crippen molar-refractivity contribution in [3.8, 4) is 22.6 Å². The van der Waals surface area contributed by atoms with Crippen LogP contribution in [0.4, 0.5) is 4.39 Å². The van der Waals surface area contributed by atoms with Gasteiger partial charge in [0.25, 0.3) is 0 Å². The van der Waals surface area contributed by atoms with Gasteiger partial charge in [-0.3, -0.25) is 0 Å². The van der Waals surface area contributed by atoms with Crippen LogP contribution in [-0.4, -0.2) is 9.97 Å². The fraction of sp³-hybridized carbons (Fsp3) is 0.0625. The summed E-state index contributed by atoms with van der Waals surface area (Å²) in [6.45, 7) is 0.527. The van der Waals surface area contributed by atoms with Crippen molar-refractivity contribution in [2.75, 3.05) is 0 Å². The van der Waals surface area contributed by atoms with Crippen LogP contribution in [0, 0.1) is 5.82 Å². The lowest BCUT2D eigenvalue weighted by Crippen LogP contribution is -1.95. The van der Waals surface area contributed by atoms with E-state index in [-0.39, 0.29) is 5.82 Å². The molecule has 3 rings (SSSR count). The number of hydrogen-bond acceptors (Lipinski definition) is 2. The first kappa shape index (κ1) is 12.6. The van der Waals surface area contributed by atoms with E-state index in [2.05, 4.69) is 9.97 Å². The first-order valence-corrected chi connectivity index (χ1v) is 6.36. The van der Waals surface area contributed by atoms with Gasteiger partial charge in [-0.15, -0.1) is 0 Å². The van der Waals surface area contributed by atoms with Crippen LogP contribution in [0.2, 0.25) is 0 Å². The Morgan fingerprint density at radius 1 is 0.950 bits per heavy atom. The average molecular weight is 267 g/mol. The molecule has 0 aliphatic carbocycles. The zero-order chi connectivity index (χ0) is 13.9. The molecule has 0 fully saturated rings. The number of nitrogens with one attached hydrogen (secondary N) is 1. The molecule has 2 aromatic carbocycles. The quantitative estimate of drug-likeness (QED) is 0.764. The smallest absolute Gasteiger partial charge is 0.137 e. The molecule has 0 saturated heterocycles. The fourth-order valence-corrected chi connectivity index (χ4v) is 2.04. The molecule has 20 heavy (non-hydrogen) atoms. The standard InChI is InChI=1S/C16H14FN3/c17-14-7-5-12(6-8-14)15-10-19-16(20-15)13-3-1-11(9-18)2-4-13/h1-8,10H,9,18H2,(H,19,20). The summed E-state index contributed by atoms with van der Waals surface area (Å²) in [6.07, 6.45) is 1.75. The van der Waals surface area contributed by atoms with E-state index in [1.54, 1.807) is 18.3 Å². The van der Waals surface area contributed by atoms with E-state index in [4.69, 9.17) is 5.73 Å². The lowest BCUT2D eigenvalue weighted by Gasteiger charge is -2.00. The lowest BCUT2D eigenvalue weighted by molar-refractivity contribution is 0.628. The van der Waals surface area contributed by atoms with Gasteiger partial charge >= 0.3 is 0 Å². The van der Waals surface area contributed by atoms with Gasteiger partial charge in [0.05, 0.1) is 11.9 Å². The molecular formula is C16H14FN3. The number of halogens is 1. The topological polar surface area (TPSA) is 54.7 Å². The van der Waals surface area contributed by atoms with Crippen LogP contribution < -0.4 is 5.73 Å². The fourth-order valence-electron chi connectivity index (χ4n) is 2.04. The van der Waals surface area contributed by atoms with Gasteiger partial charge in [0.15, 0.2) is 0 Å². The summed E-state index contributed by atoms with van der Waals surface area (Å²) in [5.74, 6) is 0.541. The predicted molar refractivity (Wildman–Crippen MR) is 77.3 cm³/mol. The van der Waals surface area contributed by atoms with Gasteiger partial charge in [0, 0.05) is 12.1 Å². The van der Waals surface area contributed by atoms with Crippen molar-refractivity contribution in [1.82, 2.24) is 9.97 Å². The predicted octanol–water partition coefficient (Wildman–Crippen LogP) is 3.34. The maximum Gasteiger partial charge on any atom is 0.137 e. The number of imidazole rings is 1. The van der Waals surface area contributed by atoms with Crippen molar-refractivity contribution >= 4 is 0 Å². The van der Waals surface area contributed by atoms with Gasteiger partial charge in [-0.25, -0.2) is 9.37 Å². The normalized spacial score (nSPS) is 10.7. The molecule has 1 heterocycles. The first-order valence-electron chi connectivity index (χ1n) is 6.36. The number of benzene rings is 2. The Kier molecular flexibility index (Phi) is 3.31. The van der Waals surface area contributed by atoms with Crippen LogP contribution >= 0.6 is 0 Å². The van der Waals surface area contributed by atoms with Crippen molar-refractivity contribution < 1.29 is 4.39 Å². The molecular weight excluding hydrogens is 253 g/mol. The molecule has 1 aromatic heterocycles. The summed E-state index contributed by atoms with van der Waals surface area (Å²) >= 11 is 0. The van der Waals surface area contributed by atoms with E-state index in [0.717, 1.165) is 28.2 Å². The molecule has 4 heteroatoms. The maximum atomic E-state index is 12.9. The highest BCUT2D eigenvalue weighted by Gasteiger charge is 2.05. The second kappa shape index (κ2) is 5.27. The zero-order valence-corrected chi connectivity index (χ0v) is 10.8. The Balaban J connectivity index is 1.91. The summed E-state index contributed by atoms with van der Waals surface area (Å²) in [7, 11) is 0. The maximum absolute atomic E-state index is 12.9. The van der Waals surface area contributed by atoms with Gasteiger partial charge < -0.3 is 10.7 Å². The molecule has 0 spiro atoms. The van der Waals surface area contributed by atoms with Gasteiger partial charge in [-0.2, -0.15) is 0 Å². The molecule has 0 unspecified atom stereocenters. The Morgan fingerprint density at radius 3 is 2.25 bits per heavy atom. The molecule has 0 atom stereocenters. The second-order valence-electron chi connectivity index (χ2n) is 4.55. The highest BCUT2D eigenvalue weighted by molar-refractivity contribution is 5.64. The summed E-state index contributed by atoms with van der Waals surface area (Å²) in [5, 5.41) is 0. The number of nitrogens with two attached hydrogens (primary N) is 1. The van der Waals surface area contributed by atoms with Crippen LogP contribution in [0.5, 0.6) is 0 Å². The lowest BCUT2D eigenvalue weighted by atomic mass is 10.1. The number of H-pyrrole nitrogens is 1. The Bertz CT molecular complexity index is 699. The highest BCUT2D eigenvalue weighted by atomic mass is 19.1. The van der Waals surface area contributed by atoms with Crippen molar-refractivity contribution in [3.05, 3.63) is 66.1 Å². The summed E-state index contributed by atoms with van der Waals surface area (Å²) in [4.78, 5) is 7.60. The van der Waals surface area contributed by atoms with E-state index in [1.807, 2.05) is 24.3 Å². The summed E-state index contributed by atoms with van der Waals surface area (Å²) in [6, 6.07) is 14.3. The highest BCUT2D eigenvalue weighted by Crippen LogP contribution is 2.22. The average Bonchev–Trinajstić information content (AvgIpc) is 2.98. The van der Waals surface area contributed by atoms with Crippen molar-refractivity contribution in [2.24, 2.45) is 5.73 Å². The summed E-state index contributed by atoms with van der Waals surface area (Å²) in [5.41, 5.74) is 9.43. The molecule has 0 radical (unpaired) electrons. The number of aromatic nitrogens is 2. The second-order valence-corrected chi connectivity index (χ2v) is 4.55. The molecule has 3 aromatic rings. The SMILES string of the molecule is NCc1ccc(-c2ncc(-c3ccc(F)cc3)[nH]2)cc1. The van der Waals surface area contributed by atoms with Crippen LogP contribution in [0.3, 0.4) is 0 Å². The van der Waals surface area contributed by atoms with E-state index in [1.165, 1.54) is 12.1 Å². The first-order chi connectivity index (χ1) is 9.76. The number of nitrogens with zero attached hydrogens (tertiary/aromatic N) is 1. The van der Waals surface area contributed by atoms with E-state index in [9.17, 15) is 4.39 Å². The third-order valence-corrected chi connectivity index (χ3v) is 3.19. The van der Waals surface area contributed by atoms with Crippen LogP contribution in [0.15, 0.2) is 54.7 Å². The molecule has 3 N–H and O–H groups in total. The molecule has 3 nitrogen and oxygen atoms in total. The van der Waals surface area contributed by atoms with Crippen LogP contribution in [0.1, 0.15) is 5.56 Å². The van der Waals surface area contributed by atoms with Gasteiger partial charge in [0.2, 0.25) is 0 Å². The third-order valence-electron chi connectivity index (χ3n) is 3.19. The minimum absolute atomic E-state index is 0.245. The Hall–Kier alpha value is -2.46. The van der Waals surface area contributed by atoms with E-state index < -0.39 is 0 Å². The van der Waals surface area contributed by atoms with E-state index in [0.29, 0.717) is 6.54 Å². The van der Waals surface area contributed by atoms with E-state index >= 15 is 0 Å². The third kappa shape index (κ3) is 2.46. The molecule has 0 bridgehead atoms. The van der Waals surface area contributed by atoms with Gasteiger partial charge in [-0.1, -0.05) is 24.3 Å². The molecule has 0 aliphatic rings. The number of aromatic amines is 1. The monoisotopic (exact) mass is 267 g/mol. The summed E-state index contributed by atoms with van der Waals surface area (Å²) < 4.78 is 12.9. The molecule has 0 aliphatic heterocycles. The van der Waals surface area contributed by atoms with Crippen molar-refractivity contribution in [1.29, 1.82) is 0 Å². The Morgan fingerprint density at radius 2 is 1.60 bits per heavy atom. The van der Waals surface area contributed by atoms with Crippen LogP contribution in [0.25, 0.3) is 22.6 Å². The molecule has 0 saturated carbocycles. The van der Waals surface area contributed by atoms with Crippen molar-refractivity contribution in [3.63, 3.8) is 0 Å². The molecule has 100 valence electrons. The van der Waals surface area contributed by atoms with Crippen LogP contribution in [-0.2, 0) is 6.54 Å². The number of hydrogen-bond donors (Lipinski definition) is 2. The zero-order valence-electron chi connectivity index (χ0n) is 10.8. The number of rotatable bonds is 3. The molecule has 0 amide bonds.